The summed E-state index contributed by atoms with van der Waals surface area (Å²) < 4.78 is 0. The maximum absolute atomic E-state index is 9.15. The SMILES string of the molecule is CCc1nc(NC)c(C#N)cc1-c1ccccc1. The van der Waals surface area contributed by atoms with Gasteiger partial charge in [0.25, 0.3) is 0 Å². The number of rotatable bonds is 3. The first-order chi connectivity index (χ1) is 8.80. The maximum Gasteiger partial charge on any atom is 0.144 e. The summed E-state index contributed by atoms with van der Waals surface area (Å²) in [5, 5.41) is 12.1. The molecule has 0 unspecified atom stereocenters. The Morgan fingerprint density at radius 1 is 1.28 bits per heavy atom. The quantitative estimate of drug-likeness (QED) is 0.891. The summed E-state index contributed by atoms with van der Waals surface area (Å²) in [7, 11) is 1.78. The molecule has 0 aliphatic heterocycles. The number of benzene rings is 1. The topological polar surface area (TPSA) is 48.7 Å². The molecule has 18 heavy (non-hydrogen) atoms. The molecular formula is C15H15N3. The molecule has 1 N–H and O–H groups in total. The van der Waals surface area contributed by atoms with E-state index in [1.165, 1.54) is 0 Å². The molecule has 0 aliphatic rings. The van der Waals surface area contributed by atoms with Crippen LogP contribution in [0.4, 0.5) is 5.82 Å². The van der Waals surface area contributed by atoms with Crippen LogP contribution in [0.25, 0.3) is 11.1 Å². The molecule has 0 fully saturated rings. The Balaban J connectivity index is 2.64. The predicted molar refractivity (Wildman–Crippen MR) is 73.3 cm³/mol. The van der Waals surface area contributed by atoms with Crippen LogP contribution in [0.15, 0.2) is 36.4 Å². The second-order valence-electron chi connectivity index (χ2n) is 3.96. The van der Waals surface area contributed by atoms with E-state index >= 15 is 0 Å². The van der Waals surface area contributed by atoms with Crippen molar-refractivity contribution in [2.75, 3.05) is 12.4 Å². The van der Waals surface area contributed by atoms with Crippen molar-refractivity contribution in [3.8, 4) is 17.2 Å². The second-order valence-corrected chi connectivity index (χ2v) is 3.96. The molecule has 0 amide bonds. The zero-order valence-corrected chi connectivity index (χ0v) is 10.6. The lowest BCUT2D eigenvalue weighted by atomic mass is 10.0. The average Bonchev–Trinajstić information content (AvgIpc) is 2.46. The zero-order valence-electron chi connectivity index (χ0n) is 10.6. The zero-order chi connectivity index (χ0) is 13.0. The van der Waals surface area contributed by atoms with E-state index in [2.05, 4.69) is 23.3 Å². The van der Waals surface area contributed by atoms with Gasteiger partial charge in [0, 0.05) is 12.6 Å². The fraction of sp³-hybridized carbons (Fsp3) is 0.200. The number of hydrogen-bond acceptors (Lipinski definition) is 3. The van der Waals surface area contributed by atoms with Crippen molar-refractivity contribution in [1.29, 1.82) is 5.26 Å². The van der Waals surface area contributed by atoms with Gasteiger partial charge in [0.2, 0.25) is 0 Å². The highest BCUT2D eigenvalue weighted by Crippen LogP contribution is 2.26. The van der Waals surface area contributed by atoms with Crippen LogP contribution in [-0.4, -0.2) is 12.0 Å². The predicted octanol–water partition coefficient (Wildman–Crippen LogP) is 3.22. The molecule has 1 aromatic carbocycles. The Labute approximate surface area is 107 Å². The van der Waals surface area contributed by atoms with Crippen molar-refractivity contribution in [1.82, 2.24) is 4.98 Å². The van der Waals surface area contributed by atoms with Gasteiger partial charge in [-0.05, 0) is 18.1 Å². The van der Waals surface area contributed by atoms with E-state index in [4.69, 9.17) is 5.26 Å². The van der Waals surface area contributed by atoms with Gasteiger partial charge in [-0.3, -0.25) is 0 Å². The number of pyridine rings is 1. The number of nitrogens with one attached hydrogen (secondary N) is 1. The van der Waals surface area contributed by atoms with Crippen LogP contribution in [0.1, 0.15) is 18.2 Å². The number of hydrogen-bond donors (Lipinski definition) is 1. The minimum atomic E-state index is 0.577. The highest BCUT2D eigenvalue weighted by Gasteiger charge is 2.10. The number of aromatic nitrogens is 1. The third-order valence-electron chi connectivity index (χ3n) is 2.88. The van der Waals surface area contributed by atoms with E-state index in [1.807, 2.05) is 36.4 Å². The van der Waals surface area contributed by atoms with Crippen LogP contribution in [-0.2, 0) is 6.42 Å². The van der Waals surface area contributed by atoms with E-state index in [9.17, 15) is 0 Å². The second kappa shape index (κ2) is 5.33. The van der Waals surface area contributed by atoms with Crippen LogP contribution in [0, 0.1) is 11.3 Å². The smallest absolute Gasteiger partial charge is 0.144 e. The first-order valence-corrected chi connectivity index (χ1v) is 5.97. The highest BCUT2D eigenvalue weighted by atomic mass is 15.0. The van der Waals surface area contributed by atoms with Gasteiger partial charge in [-0.2, -0.15) is 5.26 Å². The summed E-state index contributed by atoms with van der Waals surface area (Å²) in [6.45, 7) is 2.07. The molecule has 0 aliphatic carbocycles. The molecule has 1 aromatic heterocycles. The van der Waals surface area contributed by atoms with Gasteiger partial charge >= 0.3 is 0 Å². The minimum Gasteiger partial charge on any atom is -0.372 e. The highest BCUT2D eigenvalue weighted by molar-refractivity contribution is 5.71. The Morgan fingerprint density at radius 3 is 2.56 bits per heavy atom. The van der Waals surface area contributed by atoms with Crippen molar-refractivity contribution in [3.05, 3.63) is 47.7 Å². The number of aryl methyl sites for hydroxylation is 1. The fourth-order valence-corrected chi connectivity index (χ4v) is 1.96. The van der Waals surface area contributed by atoms with Gasteiger partial charge in [-0.25, -0.2) is 4.98 Å². The van der Waals surface area contributed by atoms with Crippen LogP contribution in [0.2, 0.25) is 0 Å². The normalized spacial score (nSPS) is 9.83. The summed E-state index contributed by atoms with van der Waals surface area (Å²) in [5.41, 5.74) is 3.72. The monoisotopic (exact) mass is 237 g/mol. The first kappa shape index (κ1) is 12.1. The maximum atomic E-state index is 9.15. The number of anilines is 1. The average molecular weight is 237 g/mol. The van der Waals surface area contributed by atoms with Crippen molar-refractivity contribution < 1.29 is 0 Å². The van der Waals surface area contributed by atoms with Gasteiger partial charge in [0.05, 0.1) is 11.3 Å². The van der Waals surface area contributed by atoms with Crippen LogP contribution >= 0.6 is 0 Å². The van der Waals surface area contributed by atoms with Crippen molar-refractivity contribution >= 4 is 5.82 Å². The van der Waals surface area contributed by atoms with E-state index < -0.39 is 0 Å². The molecule has 1 heterocycles. The van der Waals surface area contributed by atoms with Gasteiger partial charge in [-0.15, -0.1) is 0 Å². The van der Waals surface area contributed by atoms with Gasteiger partial charge in [0.15, 0.2) is 0 Å². The molecule has 0 spiro atoms. The minimum absolute atomic E-state index is 0.577. The van der Waals surface area contributed by atoms with Crippen LogP contribution in [0.5, 0.6) is 0 Å². The summed E-state index contributed by atoms with van der Waals surface area (Å²) in [4.78, 5) is 4.52. The summed E-state index contributed by atoms with van der Waals surface area (Å²) in [6.07, 6.45) is 0.838. The summed E-state index contributed by atoms with van der Waals surface area (Å²) >= 11 is 0. The third-order valence-corrected chi connectivity index (χ3v) is 2.88. The molecule has 0 saturated carbocycles. The Hall–Kier alpha value is -2.34. The molecule has 0 radical (unpaired) electrons. The van der Waals surface area contributed by atoms with Gasteiger partial charge < -0.3 is 5.32 Å². The standard InChI is InChI=1S/C15H15N3/c1-3-14-13(11-7-5-4-6-8-11)9-12(10-16)15(17-2)18-14/h4-9H,3H2,1-2H3,(H,17,18). The Morgan fingerprint density at radius 2 is 2.00 bits per heavy atom. The number of nitriles is 1. The molecule has 3 nitrogen and oxygen atoms in total. The summed E-state index contributed by atoms with van der Waals surface area (Å²) in [5.74, 6) is 0.647. The summed E-state index contributed by atoms with van der Waals surface area (Å²) in [6, 6.07) is 14.1. The van der Waals surface area contributed by atoms with Gasteiger partial charge in [-0.1, -0.05) is 37.3 Å². The van der Waals surface area contributed by atoms with Crippen molar-refractivity contribution in [2.45, 2.75) is 13.3 Å². The molecule has 2 aromatic rings. The van der Waals surface area contributed by atoms with Crippen LogP contribution < -0.4 is 5.32 Å². The molecule has 0 bridgehead atoms. The lowest BCUT2D eigenvalue weighted by Crippen LogP contribution is -2.01. The molecule has 2 rings (SSSR count). The first-order valence-electron chi connectivity index (χ1n) is 5.97. The fourth-order valence-electron chi connectivity index (χ4n) is 1.96. The van der Waals surface area contributed by atoms with E-state index in [0.29, 0.717) is 11.4 Å². The Bertz CT molecular complexity index is 583. The van der Waals surface area contributed by atoms with Gasteiger partial charge in [0.1, 0.15) is 11.9 Å². The molecule has 3 heteroatoms. The van der Waals surface area contributed by atoms with Crippen molar-refractivity contribution in [3.63, 3.8) is 0 Å². The molecule has 0 saturated heterocycles. The largest absolute Gasteiger partial charge is 0.372 e. The lowest BCUT2D eigenvalue weighted by molar-refractivity contribution is 1.04. The molecule has 90 valence electrons. The third kappa shape index (κ3) is 2.18. The van der Waals surface area contributed by atoms with E-state index in [-0.39, 0.29) is 0 Å². The molecule has 0 atom stereocenters. The Kier molecular flexibility index (Phi) is 3.59. The van der Waals surface area contributed by atoms with E-state index in [1.54, 1.807) is 7.05 Å². The van der Waals surface area contributed by atoms with Crippen LogP contribution in [0.3, 0.4) is 0 Å². The lowest BCUT2D eigenvalue weighted by Gasteiger charge is -2.11. The van der Waals surface area contributed by atoms with E-state index in [0.717, 1.165) is 23.2 Å². The number of nitrogens with zero attached hydrogens (tertiary/aromatic N) is 2. The van der Waals surface area contributed by atoms with Crippen molar-refractivity contribution in [2.24, 2.45) is 0 Å². The molecular weight excluding hydrogens is 222 g/mol.